The molecule has 16 heavy (non-hydrogen) atoms. The van der Waals surface area contributed by atoms with Crippen LogP contribution in [0.2, 0.25) is 0 Å². The summed E-state index contributed by atoms with van der Waals surface area (Å²) in [6, 6.07) is 3.17. The van der Waals surface area contributed by atoms with Crippen molar-refractivity contribution in [3.8, 4) is 5.75 Å². The number of nitrogens with zero attached hydrogens (tertiary/aromatic N) is 1. The van der Waals surface area contributed by atoms with Crippen molar-refractivity contribution in [2.45, 2.75) is 12.7 Å². The Hall–Kier alpha value is -1.79. The molecule has 0 saturated carbocycles. The molecular formula is C9H8F3NO3. The zero-order valence-corrected chi connectivity index (χ0v) is 8.25. The molecule has 0 aliphatic rings. The van der Waals surface area contributed by atoms with E-state index in [-0.39, 0.29) is 5.56 Å². The second-order valence-electron chi connectivity index (χ2n) is 2.99. The van der Waals surface area contributed by atoms with Crippen molar-refractivity contribution in [2.75, 3.05) is 7.11 Å². The highest BCUT2D eigenvalue weighted by Crippen LogP contribution is 2.38. The van der Waals surface area contributed by atoms with Crippen molar-refractivity contribution in [2.24, 2.45) is 0 Å². The molecule has 1 aromatic carbocycles. The molecule has 88 valence electrons. The molecule has 0 N–H and O–H groups in total. The zero-order chi connectivity index (χ0) is 12.3. The maximum Gasteiger partial charge on any atom is 0.419 e. The third-order valence-electron chi connectivity index (χ3n) is 1.91. The van der Waals surface area contributed by atoms with Gasteiger partial charge in [-0.25, -0.2) is 0 Å². The largest absolute Gasteiger partial charge is 0.496 e. The maximum atomic E-state index is 12.5. The van der Waals surface area contributed by atoms with Gasteiger partial charge in [0.2, 0.25) is 6.54 Å². The van der Waals surface area contributed by atoms with Gasteiger partial charge in [-0.2, -0.15) is 13.2 Å². The summed E-state index contributed by atoms with van der Waals surface area (Å²) >= 11 is 0. The molecule has 0 fully saturated rings. The van der Waals surface area contributed by atoms with Crippen LogP contribution in [0.25, 0.3) is 0 Å². The molecule has 0 unspecified atom stereocenters. The predicted octanol–water partition coefficient (Wildman–Crippen LogP) is 2.49. The molecule has 0 heterocycles. The van der Waals surface area contributed by atoms with Crippen molar-refractivity contribution in [1.29, 1.82) is 0 Å². The lowest BCUT2D eigenvalue weighted by Gasteiger charge is -2.13. The highest BCUT2D eigenvalue weighted by atomic mass is 19.4. The fraction of sp³-hybridized carbons (Fsp3) is 0.333. The van der Waals surface area contributed by atoms with Crippen LogP contribution in [-0.4, -0.2) is 12.0 Å². The normalized spacial score (nSPS) is 11.2. The molecule has 0 bridgehead atoms. The van der Waals surface area contributed by atoms with Crippen LogP contribution in [-0.2, 0) is 12.7 Å². The maximum absolute atomic E-state index is 12.5. The van der Waals surface area contributed by atoms with E-state index in [0.29, 0.717) is 0 Å². The number of hydrogen-bond donors (Lipinski definition) is 0. The predicted molar refractivity (Wildman–Crippen MR) is 48.7 cm³/mol. The number of rotatable bonds is 3. The molecule has 0 aromatic heterocycles. The molecule has 1 rings (SSSR count). The van der Waals surface area contributed by atoms with Gasteiger partial charge < -0.3 is 4.74 Å². The van der Waals surface area contributed by atoms with E-state index in [9.17, 15) is 23.3 Å². The van der Waals surface area contributed by atoms with E-state index in [1.54, 1.807) is 0 Å². The van der Waals surface area contributed by atoms with Crippen molar-refractivity contribution < 1.29 is 22.8 Å². The summed E-state index contributed by atoms with van der Waals surface area (Å²) in [5.74, 6) is -0.494. The lowest BCUT2D eigenvalue weighted by atomic mass is 10.1. The Morgan fingerprint density at radius 3 is 2.50 bits per heavy atom. The summed E-state index contributed by atoms with van der Waals surface area (Å²) in [5, 5.41) is 10.3. The van der Waals surface area contributed by atoms with Crippen LogP contribution >= 0.6 is 0 Å². The van der Waals surface area contributed by atoms with Crippen LogP contribution in [0.4, 0.5) is 13.2 Å². The molecule has 0 radical (unpaired) electrons. The van der Waals surface area contributed by atoms with Gasteiger partial charge in [0.25, 0.3) is 0 Å². The van der Waals surface area contributed by atoms with Crippen molar-refractivity contribution in [1.82, 2.24) is 0 Å². The summed E-state index contributed by atoms with van der Waals surface area (Å²) in [6.45, 7) is -0.701. The summed E-state index contributed by atoms with van der Waals surface area (Å²) in [4.78, 5) is 9.56. The number of halogens is 3. The SMILES string of the molecule is COc1c(C[N+](=O)[O-])cccc1C(F)(F)F. The first kappa shape index (κ1) is 12.3. The van der Waals surface area contributed by atoms with Crippen LogP contribution in [0, 0.1) is 10.1 Å². The number of benzene rings is 1. The standard InChI is InChI=1S/C9H8F3NO3/c1-16-8-6(5-13(14)15)3-2-4-7(8)9(10,11)12/h2-4H,5H2,1H3. The van der Waals surface area contributed by atoms with Gasteiger partial charge in [-0.3, -0.25) is 10.1 Å². The molecule has 0 saturated heterocycles. The van der Waals surface area contributed by atoms with Crippen molar-refractivity contribution in [3.63, 3.8) is 0 Å². The van der Waals surface area contributed by atoms with E-state index in [1.165, 1.54) is 6.07 Å². The second kappa shape index (κ2) is 4.38. The highest BCUT2D eigenvalue weighted by Gasteiger charge is 2.35. The van der Waals surface area contributed by atoms with Gasteiger partial charge >= 0.3 is 6.18 Å². The van der Waals surface area contributed by atoms with Crippen LogP contribution in [0.3, 0.4) is 0 Å². The molecule has 0 spiro atoms. The molecule has 4 nitrogen and oxygen atoms in total. The number of methoxy groups -OCH3 is 1. The number of alkyl halides is 3. The first-order valence-corrected chi connectivity index (χ1v) is 4.21. The monoisotopic (exact) mass is 235 g/mol. The summed E-state index contributed by atoms with van der Waals surface area (Å²) in [7, 11) is 1.05. The quantitative estimate of drug-likeness (QED) is 0.597. The van der Waals surface area contributed by atoms with Crippen LogP contribution in [0.5, 0.6) is 5.75 Å². The Balaban J connectivity index is 3.26. The van der Waals surface area contributed by atoms with Crippen molar-refractivity contribution in [3.05, 3.63) is 39.4 Å². The lowest BCUT2D eigenvalue weighted by molar-refractivity contribution is -0.496. The van der Waals surface area contributed by atoms with E-state index < -0.39 is 29.0 Å². The van der Waals surface area contributed by atoms with E-state index >= 15 is 0 Å². The Morgan fingerprint density at radius 1 is 1.44 bits per heavy atom. The van der Waals surface area contributed by atoms with Crippen LogP contribution in [0.1, 0.15) is 11.1 Å². The number of ether oxygens (including phenoxy) is 1. The first-order chi connectivity index (χ1) is 7.36. The summed E-state index contributed by atoms with van der Waals surface area (Å²) in [6.07, 6.45) is -4.59. The minimum absolute atomic E-state index is 0.0951. The average molecular weight is 235 g/mol. The molecule has 0 aliphatic carbocycles. The highest BCUT2D eigenvalue weighted by molar-refractivity contribution is 5.42. The van der Waals surface area contributed by atoms with Gasteiger partial charge in [-0.05, 0) is 12.1 Å². The van der Waals surface area contributed by atoms with E-state index in [0.717, 1.165) is 19.2 Å². The molecule has 0 aliphatic heterocycles. The Kier molecular flexibility index (Phi) is 3.36. The number of para-hydroxylation sites is 1. The minimum Gasteiger partial charge on any atom is -0.496 e. The number of hydrogen-bond acceptors (Lipinski definition) is 3. The third kappa shape index (κ3) is 2.62. The van der Waals surface area contributed by atoms with Gasteiger partial charge in [-0.15, -0.1) is 0 Å². The van der Waals surface area contributed by atoms with Crippen LogP contribution < -0.4 is 4.74 Å². The third-order valence-corrected chi connectivity index (χ3v) is 1.91. The minimum atomic E-state index is -4.59. The van der Waals surface area contributed by atoms with Gasteiger partial charge in [0.15, 0.2) is 0 Å². The first-order valence-electron chi connectivity index (χ1n) is 4.21. The summed E-state index contributed by atoms with van der Waals surface area (Å²) < 4.78 is 42.1. The zero-order valence-electron chi connectivity index (χ0n) is 8.25. The number of nitro groups is 1. The van der Waals surface area contributed by atoms with Gasteiger partial charge in [0, 0.05) is 4.92 Å². The van der Waals surface area contributed by atoms with Gasteiger partial charge in [0.1, 0.15) is 5.75 Å². The summed E-state index contributed by atoms with van der Waals surface area (Å²) in [5.41, 5.74) is -1.10. The Labute approximate surface area is 88.8 Å². The molecule has 7 heteroatoms. The second-order valence-corrected chi connectivity index (χ2v) is 2.99. The Bertz CT molecular complexity index is 403. The lowest BCUT2D eigenvalue weighted by Crippen LogP contribution is -2.10. The van der Waals surface area contributed by atoms with Crippen molar-refractivity contribution >= 4 is 0 Å². The average Bonchev–Trinajstić information content (AvgIpc) is 2.15. The van der Waals surface area contributed by atoms with Crippen LogP contribution in [0.15, 0.2) is 18.2 Å². The fourth-order valence-corrected chi connectivity index (χ4v) is 1.31. The smallest absolute Gasteiger partial charge is 0.419 e. The topological polar surface area (TPSA) is 52.4 Å². The van der Waals surface area contributed by atoms with E-state index in [1.807, 2.05) is 0 Å². The molecule has 1 aromatic rings. The molecule has 0 atom stereocenters. The van der Waals surface area contributed by atoms with E-state index in [4.69, 9.17) is 0 Å². The fourth-order valence-electron chi connectivity index (χ4n) is 1.31. The molecular weight excluding hydrogens is 227 g/mol. The Morgan fingerprint density at radius 2 is 2.06 bits per heavy atom. The molecule has 0 amide bonds. The van der Waals surface area contributed by atoms with Gasteiger partial charge in [-0.1, -0.05) is 6.07 Å². The van der Waals surface area contributed by atoms with E-state index in [2.05, 4.69) is 4.74 Å². The van der Waals surface area contributed by atoms with Gasteiger partial charge in [0.05, 0.1) is 18.2 Å².